The molecule has 2 aliphatic rings. The molecule has 1 aliphatic heterocycles. The minimum Gasteiger partial charge on any atom is -0.344 e. The van der Waals surface area contributed by atoms with Crippen molar-refractivity contribution in [2.45, 2.75) is 90.9 Å². The minimum atomic E-state index is -0.224. The monoisotopic (exact) mass is 703 g/mol. The van der Waals surface area contributed by atoms with Crippen molar-refractivity contribution >= 4 is 17.1 Å². The van der Waals surface area contributed by atoms with Gasteiger partial charge in [0.15, 0.2) is 0 Å². The number of unbranched alkanes of at least 4 members (excludes halogenated alkanes) is 2. The van der Waals surface area contributed by atoms with Crippen LogP contribution in [0.25, 0.3) is 0 Å². The van der Waals surface area contributed by atoms with Gasteiger partial charge in [-0.2, -0.15) is 0 Å². The molecule has 53 heavy (non-hydrogen) atoms. The van der Waals surface area contributed by atoms with E-state index < -0.39 is 0 Å². The van der Waals surface area contributed by atoms with Gasteiger partial charge in [0.05, 0.1) is 0 Å². The van der Waals surface area contributed by atoms with E-state index in [-0.39, 0.29) is 10.8 Å². The molecule has 0 amide bonds. The van der Waals surface area contributed by atoms with E-state index in [1.54, 1.807) is 0 Å². The molecule has 1 heterocycles. The normalized spacial score (nSPS) is 17.7. The van der Waals surface area contributed by atoms with Crippen molar-refractivity contribution in [2.24, 2.45) is 4.99 Å². The fourth-order valence-corrected chi connectivity index (χ4v) is 7.58. The molecule has 0 unspecified atom stereocenters. The highest BCUT2D eigenvalue weighted by Crippen LogP contribution is 2.48. The van der Waals surface area contributed by atoms with Crippen LogP contribution in [0.5, 0.6) is 0 Å². The molecular formula is C50H61N3. The van der Waals surface area contributed by atoms with Gasteiger partial charge in [0.1, 0.15) is 0 Å². The molecule has 0 radical (unpaired) electrons. The molecule has 0 atom stereocenters. The Kier molecular flexibility index (Phi) is 13.9. The summed E-state index contributed by atoms with van der Waals surface area (Å²) in [6.07, 6.45) is 26.3. The summed E-state index contributed by atoms with van der Waals surface area (Å²) in [5.74, 6) is 0. The van der Waals surface area contributed by atoms with Crippen LogP contribution < -0.4 is 9.80 Å². The fourth-order valence-electron chi connectivity index (χ4n) is 7.58. The van der Waals surface area contributed by atoms with Crippen molar-refractivity contribution in [2.75, 3.05) is 29.4 Å². The average molecular weight is 704 g/mol. The van der Waals surface area contributed by atoms with E-state index in [0.717, 1.165) is 57.5 Å². The molecule has 3 aromatic rings. The lowest BCUT2D eigenvalue weighted by Gasteiger charge is -2.29. The van der Waals surface area contributed by atoms with Crippen molar-refractivity contribution < 1.29 is 0 Å². The number of hydrogen-bond donors (Lipinski definition) is 0. The largest absolute Gasteiger partial charge is 0.344 e. The SMILES string of the molecule is C=C/C=C\C=C/CN(C1=C(/C=C/C(=NCCCC)C(C)(C)c2ccccc2)CC/C1=C\C=C1\N(CCCC)c2ccccc2C1(C)C)c1ccccc1. The van der Waals surface area contributed by atoms with Crippen LogP contribution in [-0.4, -0.2) is 25.3 Å². The third-order valence-electron chi connectivity index (χ3n) is 10.7. The van der Waals surface area contributed by atoms with Gasteiger partial charge in [-0.1, -0.05) is 170 Å². The quantitative estimate of drug-likeness (QED) is 0.0792. The number of para-hydroxylation sites is 2. The van der Waals surface area contributed by atoms with Gasteiger partial charge in [-0.05, 0) is 78.3 Å². The summed E-state index contributed by atoms with van der Waals surface area (Å²) in [5.41, 5.74) is 11.4. The van der Waals surface area contributed by atoms with E-state index in [1.807, 2.05) is 12.2 Å². The maximum Gasteiger partial charge on any atom is 0.0479 e. The number of allylic oxidation sites excluding steroid dienone is 11. The van der Waals surface area contributed by atoms with Crippen LogP contribution in [0.4, 0.5) is 11.4 Å². The third kappa shape index (κ3) is 9.38. The molecule has 0 spiro atoms. The lowest BCUT2D eigenvalue weighted by atomic mass is 9.79. The van der Waals surface area contributed by atoms with Crippen LogP contribution in [-0.2, 0) is 10.8 Å². The molecule has 0 aromatic heterocycles. The minimum absolute atomic E-state index is 0.0845. The first-order valence-electron chi connectivity index (χ1n) is 19.8. The smallest absolute Gasteiger partial charge is 0.0479 e. The Morgan fingerprint density at radius 3 is 2.26 bits per heavy atom. The van der Waals surface area contributed by atoms with Gasteiger partial charge in [0, 0.05) is 58.9 Å². The van der Waals surface area contributed by atoms with Crippen molar-refractivity contribution in [3.05, 3.63) is 180 Å². The predicted octanol–water partition coefficient (Wildman–Crippen LogP) is 13.0. The second-order valence-electron chi connectivity index (χ2n) is 15.2. The molecule has 276 valence electrons. The molecule has 0 fully saturated rings. The lowest BCUT2D eigenvalue weighted by Crippen LogP contribution is -2.28. The molecule has 0 saturated heterocycles. The van der Waals surface area contributed by atoms with Crippen LogP contribution in [0.3, 0.4) is 0 Å². The molecule has 5 rings (SSSR count). The Morgan fingerprint density at radius 2 is 1.55 bits per heavy atom. The molecule has 0 N–H and O–H groups in total. The zero-order valence-electron chi connectivity index (χ0n) is 33.2. The molecule has 3 nitrogen and oxygen atoms in total. The van der Waals surface area contributed by atoms with E-state index in [9.17, 15) is 0 Å². The van der Waals surface area contributed by atoms with Gasteiger partial charge in [0.25, 0.3) is 0 Å². The predicted molar refractivity (Wildman–Crippen MR) is 232 cm³/mol. The molecule has 0 saturated carbocycles. The van der Waals surface area contributed by atoms with Gasteiger partial charge >= 0.3 is 0 Å². The average Bonchev–Trinajstić information content (AvgIpc) is 3.67. The summed E-state index contributed by atoms with van der Waals surface area (Å²) >= 11 is 0. The molecule has 0 bridgehead atoms. The third-order valence-corrected chi connectivity index (χ3v) is 10.7. The van der Waals surface area contributed by atoms with Gasteiger partial charge in [-0.25, -0.2) is 0 Å². The second-order valence-corrected chi connectivity index (χ2v) is 15.2. The fraction of sp³-hybridized carbons (Fsp3) is 0.340. The number of rotatable bonds is 17. The van der Waals surface area contributed by atoms with E-state index >= 15 is 0 Å². The molecule has 1 aliphatic carbocycles. The van der Waals surface area contributed by atoms with Crippen molar-refractivity contribution in [1.29, 1.82) is 0 Å². The highest BCUT2D eigenvalue weighted by Gasteiger charge is 2.39. The topological polar surface area (TPSA) is 18.8 Å². The zero-order chi connectivity index (χ0) is 37.7. The van der Waals surface area contributed by atoms with Crippen molar-refractivity contribution in [3.8, 4) is 0 Å². The Labute approximate surface area is 321 Å². The molecule has 3 heteroatoms. The van der Waals surface area contributed by atoms with Crippen LogP contribution in [0.1, 0.15) is 91.2 Å². The van der Waals surface area contributed by atoms with Crippen LogP contribution >= 0.6 is 0 Å². The number of anilines is 2. The summed E-state index contributed by atoms with van der Waals surface area (Å²) in [6, 6.07) is 30.7. The Bertz CT molecular complexity index is 1880. The lowest BCUT2D eigenvalue weighted by molar-refractivity contribution is 0.624. The maximum atomic E-state index is 5.24. The van der Waals surface area contributed by atoms with E-state index in [1.165, 1.54) is 51.5 Å². The summed E-state index contributed by atoms with van der Waals surface area (Å²) in [5, 5.41) is 0. The highest BCUT2D eigenvalue weighted by atomic mass is 15.2. The first-order valence-corrected chi connectivity index (χ1v) is 19.8. The maximum absolute atomic E-state index is 5.24. The summed E-state index contributed by atoms with van der Waals surface area (Å²) in [7, 11) is 0. The van der Waals surface area contributed by atoms with Crippen molar-refractivity contribution in [1.82, 2.24) is 0 Å². The Morgan fingerprint density at radius 1 is 0.849 bits per heavy atom. The van der Waals surface area contributed by atoms with Gasteiger partial charge in [-0.15, -0.1) is 0 Å². The Hall–Kier alpha value is -4.89. The molecule has 3 aromatic carbocycles. The number of benzene rings is 3. The number of aliphatic imine (C=N–C) groups is 1. The van der Waals surface area contributed by atoms with Crippen molar-refractivity contribution in [3.63, 3.8) is 0 Å². The standard InChI is InChI=1S/C50H61N3/c1-8-11-14-15-24-39-52(43-27-20-17-21-28-43)48-40(33-35-46(51-37-12-9-2)49(4,5)42-25-18-16-19-26-42)31-32-41(48)34-36-47-50(6,7)44-29-22-23-30-45(44)53(47)38-13-10-3/h8,11,14-30,33-36H,1,9-10,12-13,31-32,37-39H2,2-7H3/b14-11-,24-15-,35-33+,41-34+,47-36+,51-46?. The highest BCUT2D eigenvalue weighted by molar-refractivity contribution is 6.03. The summed E-state index contributed by atoms with van der Waals surface area (Å²) < 4.78 is 0. The number of nitrogens with zero attached hydrogens (tertiary/aromatic N) is 3. The van der Waals surface area contributed by atoms with E-state index in [0.29, 0.717) is 0 Å². The van der Waals surface area contributed by atoms with E-state index in [2.05, 4.69) is 185 Å². The number of fused-ring (bicyclic) bond motifs is 1. The van der Waals surface area contributed by atoms with Crippen LogP contribution in [0.15, 0.2) is 174 Å². The van der Waals surface area contributed by atoms with Crippen LogP contribution in [0.2, 0.25) is 0 Å². The first-order chi connectivity index (χ1) is 25.7. The van der Waals surface area contributed by atoms with Gasteiger partial charge < -0.3 is 9.80 Å². The first kappa shape index (κ1) is 39.3. The van der Waals surface area contributed by atoms with Gasteiger partial charge in [-0.3, -0.25) is 4.99 Å². The second kappa shape index (κ2) is 18.7. The van der Waals surface area contributed by atoms with Gasteiger partial charge in [0.2, 0.25) is 0 Å². The summed E-state index contributed by atoms with van der Waals surface area (Å²) in [6.45, 7) is 20.4. The number of hydrogen-bond acceptors (Lipinski definition) is 3. The van der Waals surface area contributed by atoms with Crippen LogP contribution in [0, 0.1) is 0 Å². The van der Waals surface area contributed by atoms with E-state index in [4.69, 9.17) is 4.99 Å². The molecular weight excluding hydrogens is 643 g/mol. The zero-order valence-corrected chi connectivity index (χ0v) is 33.2. The Balaban J connectivity index is 1.65. The summed E-state index contributed by atoms with van der Waals surface area (Å²) in [4.78, 5) is 10.3.